The highest BCUT2D eigenvalue weighted by Crippen LogP contribution is 2.66. The van der Waals surface area contributed by atoms with E-state index in [4.69, 9.17) is 10.5 Å². The van der Waals surface area contributed by atoms with Crippen LogP contribution in [0.2, 0.25) is 0 Å². The number of nitrogens with two attached hydrogens (primary N) is 1. The monoisotopic (exact) mass is 365 g/mol. The lowest BCUT2D eigenvalue weighted by molar-refractivity contribution is -0.138. The summed E-state index contributed by atoms with van der Waals surface area (Å²) in [7, 11) is 0. The van der Waals surface area contributed by atoms with Gasteiger partial charge in [-0.1, -0.05) is 25.3 Å². The second kappa shape index (κ2) is 5.36. The molecular weight excluding hydrogens is 338 g/mol. The van der Waals surface area contributed by atoms with Gasteiger partial charge in [-0.05, 0) is 67.4 Å². The van der Waals surface area contributed by atoms with E-state index in [1.807, 2.05) is 6.07 Å². The molecule has 0 aromatic heterocycles. The Morgan fingerprint density at radius 3 is 2.81 bits per heavy atom. The van der Waals surface area contributed by atoms with Crippen LogP contribution in [0.25, 0.3) is 0 Å². The number of carbonyl (C=O) groups excluding carboxylic acids is 2. The fourth-order valence-corrected chi connectivity index (χ4v) is 7.41. The number of ketones is 1. The maximum atomic E-state index is 12.9. The van der Waals surface area contributed by atoms with Gasteiger partial charge in [-0.2, -0.15) is 0 Å². The van der Waals surface area contributed by atoms with Crippen molar-refractivity contribution in [1.29, 1.82) is 0 Å². The summed E-state index contributed by atoms with van der Waals surface area (Å²) in [6.45, 7) is 0. The average molecular weight is 365 g/mol. The van der Waals surface area contributed by atoms with Gasteiger partial charge in [-0.3, -0.25) is 9.59 Å². The Kier molecular flexibility index (Phi) is 3.21. The van der Waals surface area contributed by atoms with Crippen LogP contribution in [0.15, 0.2) is 12.1 Å². The van der Waals surface area contributed by atoms with Crippen molar-refractivity contribution in [2.24, 2.45) is 29.4 Å². The molecule has 2 bridgehead atoms. The number of benzene rings is 1. The first-order chi connectivity index (χ1) is 13.1. The molecule has 1 heterocycles. The van der Waals surface area contributed by atoms with Crippen LogP contribution < -0.4 is 10.5 Å². The first-order valence-corrected chi connectivity index (χ1v) is 10.7. The molecule has 3 saturated carbocycles. The van der Waals surface area contributed by atoms with Crippen molar-refractivity contribution in [3.05, 3.63) is 28.8 Å². The lowest BCUT2D eigenvalue weighted by Gasteiger charge is -2.57. The Labute approximate surface area is 159 Å². The van der Waals surface area contributed by atoms with E-state index in [0.29, 0.717) is 29.6 Å². The molecule has 5 atom stereocenters. The summed E-state index contributed by atoms with van der Waals surface area (Å²) < 4.78 is 6.28. The molecule has 27 heavy (non-hydrogen) atoms. The summed E-state index contributed by atoms with van der Waals surface area (Å²) in [5, 5.41) is 0. The van der Waals surface area contributed by atoms with Gasteiger partial charge in [0.15, 0.2) is 11.9 Å². The number of ether oxygens (including phenoxy) is 1. The third-order valence-electron chi connectivity index (χ3n) is 8.70. The summed E-state index contributed by atoms with van der Waals surface area (Å²) in [4.78, 5) is 24.9. The predicted molar refractivity (Wildman–Crippen MR) is 101 cm³/mol. The number of rotatable bonds is 3. The highest BCUT2D eigenvalue weighted by molar-refractivity contribution is 5.98. The quantitative estimate of drug-likeness (QED) is 0.891. The van der Waals surface area contributed by atoms with Crippen molar-refractivity contribution in [3.63, 3.8) is 0 Å². The molecule has 4 heteroatoms. The van der Waals surface area contributed by atoms with E-state index in [9.17, 15) is 9.59 Å². The molecule has 6 rings (SSSR count). The lowest BCUT2D eigenvalue weighted by atomic mass is 9.45. The summed E-state index contributed by atoms with van der Waals surface area (Å²) in [5.41, 5.74) is 8.39. The summed E-state index contributed by atoms with van der Waals surface area (Å²) in [5.74, 6) is 3.31. The highest BCUT2D eigenvalue weighted by atomic mass is 16.5. The number of hydrogen-bond donors (Lipinski definition) is 1. The number of Topliss-reactive ketones (excluding diaryl/α,β-unsaturated/α-hetero) is 1. The Balaban J connectivity index is 1.50. The molecule has 5 aliphatic rings. The molecule has 1 spiro atoms. The first kappa shape index (κ1) is 16.1. The van der Waals surface area contributed by atoms with Gasteiger partial charge in [0.25, 0.3) is 5.91 Å². The molecule has 0 radical (unpaired) electrons. The molecule has 1 aliphatic heterocycles. The zero-order chi connectivity index (χ0) is 18.3. The normalized spacial score (nSPS) is 38.7. The Bertz CT molecular complexity index is 857. The van der Waals surface area contributed by atoms with Crippen LogP contribution in [-0.4, -0.2) is 17.8 Å². The molecule has 142 valence electrons. The van der Waals surface area contributed by atoms with Crippen molar-refractivity contribution in [2.75, 3.05) is 0 Å². The van der Waals surface area contributed by atoms with Gasteiger partial charge in [0.05, 0.1) is 5.56 Å². The van der Waals surface area contributed by atoms with Crippen molar-refractivity contribution >= 4 is 11.7 Å². The van der Waals surface area contributed by atoms with Gasteiger partial charge in [0.2, 0.25) is 0 Å². The smallest absolute Gasteiger partial charge is 0.252 e. The van der Waals surface area contributed by atoms with Crippen molar-refractivity contribution < 1.29 is 14.3 Å². The maximum Gasteiger partial charge on any atom is 0.252 e. The maximum absolute atomic E-state index is 12.9. The third kappa shape index (κ3) is 1.94. The zero-order valence-electron chi connectivity index (χ0n) is 15.7. The van der Waals surface area contributed by atoms with Crippen LogP contribution in [0.5, 0.6) is 5.75 Å². The standard InChI is InChI=1S/C23H27NO3/c24-22(26)15-5-4-14-11-16-13(10-12-2-1-3-12)8-9-23-17(16)6-7-18(25)21(23)27-20(15)19(14)23/h4-5,12-13,16-17,21H,1-3,6-11H2,(H2,24,26)/t13?,16-,17-,21-,23-/m0/s1. The van der Waals surface area contributed by atoms with Gasteiger partial charge >= 0.3 is 0 Å². The van der Waals surface area contributed by atoms with Crippen molar-refractivity contribution in [3.8, 4) is 5.75 Å². The van der Waals surface area contributed by atoms with Gasteiger partial charge in [0.1, 0.15) is 5.75 Å². The molecule has 2 N–H and O–H groups in total. The molecule has 4 aliphatic carbocycles. The van der Waals surface area contributed by atoms with Gasteiger partial charge < -0.3 is 10.5 Å². The molecule has 1 amide bonds. The van der Waals surface area contributed by atoms with E-state index in [1.165, 1.54) is 43.2 Å². The van der Waals surface area contributed by atoms with Gasteiger partial charge in [0, 0.05) is 17.4 Å². The van der Waals surface area contributed by atoms with Crippen molar-refractivity contribution in [1.82, 2.24) is 0 Å². The molecule has 0 saturated heterocycles. The largest absolute Gasteiger partial charge is 0.481 e. The summed E-state index contributed by atoms with van der Waals surface area (Å²) in [6, 6.07) is 3.92. The number of primary amides is 1. The summed E-state index contributed by atoms with van der Waals surface area (Å²) >= 11 is 0. The van der Waals surface area contributed by atoms with Crippen LogP contribution in [-0.2, 0) is 16.6 Å². The van der Waals surface area contributed by atoms with E-state index in [2.05, 4.69) is 6.07 Å². The first-order valence-electron chi connectivity index (χ1n) is 10.7. The van der Waals surface area contributed by atoms with Crippen LogP contribution in [0.3, 0.4) is 0 Å². The van der Waals surface area contributed by atoms with E-state index in [-0.39, 0.29) is 11.2 Å². The average Bonchev–Trinajstić information content (AvgIpc) is 2.95. The minimum absolute atomic E-state index is 0.190. The van der Waals surface area contributed by atoms with Gasteiger partial charge in [-0.25, -0.2) is 0 Å². The zero-order valence-corrected chi connectivity index (χ0v) is 15.7. The molecule has 1 aromatic rings. The fourth-order valence-electron chi connectivity index (χ4n) is 7.41. The van der Waals surface area contributed by atoms with E-state index in [0.717, 1.165) is 31.1 Å². The number of hydrogen-bond acceptors (Lipinski definition) is 3. The van der Waals surface area contributed by atoms with E-state index in [1.54, 1.807) is 0 Å². The van der Waals surface area contributed by atoms with Crippen LogP contribution in [0.1, 0.15) is 72.9 Å². The molecule has 1 unspecified atom stereocenters. The highest BCUT2D eigenvalue weighted by Gasteiger charge is 2.65. The van der Waals surface area contributed by atoms with E-state index >= 15 is 0 Å². The van der Waals surface area contributed by atoms with Gasteiger partial charge in [-0.15, -0.1) is 0 Å². The minimum Gasteiger partial charge on any atom is -0.481 e. The fraction of sp³-hybridized carbons (Fsp3) is 0.652. The Morgan fingerprint density at radius 1 is 1.22 bits per heavy atom. The number of carbonyl (C=O) groups is 2. The van der Waals surface area contributed by atoms with Crippen LogP contribution >= 0.6 is 0 Å². The lowest BCUT2D eigenvalue weighted by Crippen LogP contribution is -2.60. The predicted octanol–water partition coefficient (Wildman–Crippen LogP) is 3.54. The minimum atomic E-state index is -0.451. The molecule has 1 aromatic carbocycles. The van der Waals surface area contributed by atoms with Crippen LogP contribution in [0, 0.1) is 23.7 Å². The summed E-state index contributed by atoms with van der Waals surface area (Å²) in [6.07, 6.45) is 10.1. The van der Waals surface area contributed by atoms with Crippen molar-refractivity contribution in [2.45, 2.75) is 69.3 Å². The second-order valence-electron chi connectivity index (χ2n) is 9.69. The van der Waals surface area contributed by atoms with E-state index < -0.39 is 12.0 Å². The molecule has 3 fully saturated rings. The van der Waals surface area contributed by atoms with Crippen LogP contribution in [0.4, 0.5) is 0 Å². The molecular formula is C23H27NO3. The molecule has 4 nitrogen and oxygen atoms in total. The number of amides is 1. The third-order valence-corrected chi connectivity index (χ3v) is 8.70. The second-order valence-corrected chi connectivity index (χ2v) is 9.69. The topological polar surface area (TPSA) is 69.4 Å². The SMILES string of the molecule is NC(=O)c1ccc2c3c1O[C@H]1C(=O)CC[C@H]4[C@@H](C2)C(CC2CCC2)CC[C@]314. The Morgan fingerprint density at radius 2 is 2.07 bits per heavy atom. The Hall–Kier alpha value is -1.84.